The summed E-state index contributed by atoms with van der Waals surface area (Å²) >= 11 is 3.80. The largest absolute Gasteiger partial charge is 0.490 e. The van der Waals surface area contributed by atoms with E-state index in [1.54, 1.807) is 0 Å². The van der Waals surface area contributed by atoms with Crippen LogP contribution < -0.4 is 5.73 Å². The molecule has 18 heavy (non-hydrogen) atoms. The third kappa shape index (κ3) is 20.4. The summed E-state index contributed by atoms with van der Waals surface area (Å²) in [5.41, 5.74) is 4.95. The highest BCUT2D eigenvalue weighted by molar-refractivity contribution is 7.97. The molecule has 10 heteroatoms. The number of rotatable bonds is 3. The van der Waals surface area contributed by atoms with E-state index < -0.39 is 22.0 Å². The summed E-state index contributed by atoms with van der Waals surface area (Å²) in [5.74, 6) is -1.97. The Morgan fingerprint density at radius 1 is 1.33 bits per heavy atom. The Balaban J connectivity index is -0.000000196. The van der Waals surface area contributed by atoms with Crippen molar-refractivity contribution in [1.82, 2.24) is 0 Å². The van der Waals surface area contributed by atoms with Crippen LogP contribution in [0.15, 0.2) is 24.0 Å². The fraction of sp³-hybridized carbons (Fsp3) is 0.375. The Morgan fingerprint density at radius 3 is 1.56 bits per heavy atom. The molecule has 3 N–H and O–H groups in total. The quantitative estimate of drug-likeness (QED) is 0.681. The van der Waals surface area contributed by atoms with E-state index in [1.165, 1.54) is 0 Å². The molecule has 0 amide bonds. The van der Waals surface area contributed by atoms with Gasteiger partial charge in [0.15, 0.2) is 9.84 Å². The Kier molecular flexibility index (Phi) is 13.7. The molecule has 0 aliphatic heterocycles. The van der Waals surface area contributed by atoms with Gasteiger partial charge in [-0.25, -0.2) is 13.2 Å². The molecule has 5 nitrogen and oxygen atoms in total. The summed E-state index contributed by atoms with van der Waals surface area (Å²) in [4.78, 5) is 8.90. The first-order valence-electron chi connectivity index (χ1n) is 4.09. The third-order valence-electron chi connectivity index (χ3n) is 0.836. The van der Waals surface area contributed by atoms with Gasteiger partial charge in [-0.05, 0) is 0 Å². The lowest BCUT2D eigenvalue weighted by atomic mass is 10.7. The van der Waals surface area contributed by atoms with Crippen molar-refractivity contribution in [1.29, 1.82) is 0 Å². The monoisotopic (exact) mass is 309 g/mol. The summed E-state index contributed by atoms with van der Waals surface area (Å²) in [6.45, 7) is 6.77. The van der Waals surface area contributed by atoms with Gasteiger partial charge in [-0.15, -0.1) is 0 Å². The number of sulfone groups is 1. The average molecular weight is 309 g/mol. The van der Waals surface area contributed by atoms with Crippen LogP contribution in [-0.2, 0) is 14.6 Å². The van der Waals surface area contributed by atoms with Crippen LogP contribution in [0.2, 0.25) is 0 Å². The summed E-state index contributed by atoms with van der Waals surface area (Å²) in [5, 5.41) is 8.82. The van der Waals surface area contributed by atoms with Gasteiger partial charge in [0.2, 0.25) is 0 Å². The zero-order chi connectivity index (χ0) is 15.4. The van der Waals surface area contributed by atoms with Crippen LogP contribution in [0.1, 0.15) is 0 Å². The first kappa shape index (κ1) is 22.2. The Labute approximate surface area is 108 Å². The van der Waals surface area contributed by atoms with Crippen LogP contribution in [0.5, 0.6) is 0 Å². The highest BCUT2D eigenvalue weighted by Crippen LogP contribution is 2.13. The maximum absolute atomic E-state index is 10.6. The van der Waals surface area contributed by atoms with Gasteiger partial charge in [0.25, 0.3) is 0 Å². The molecule has 0 bridgehead atoms. The molecule has 0 heterocycles. The third-order valence-corrected chi connectivity index (χ3v) is 2.02. The normalized spacial score (nSPS) is 10.1. The summed E-state index contributed by atoms with van der Waals surface area (Å²) < 4.78 is 52.0. The topological polar surface area (TPSA) is 97.5 Å². The minimum absolute atomic E-state index is 0.684. The van der Waals surface area contributed by atoms with Crippen LogP contribution in [0, 0.1) is 0 Å². The van der Waals surface area contributed by atoms with E-state index in [0.29, 0.717) is 6.54 Å². The number of halogens is 3. The first-order valence-corrected chi connectivity index (χ1v) is 6.33. The Morgan fingerprint density at radius 2 is 1.56 bits per heavy atom. The van der Waals surface area contributed by atoms with Gasteiger partial charge in [-0.3, -0.25) is 0 Å². The molecule has 0 aliphatic carbocycles. The molecule has 0 saturated heterocycles. The van der Waals surface area contributed by atoms with Gasteiger partial charge >= 0.3 is 12.1 Å². The number of hydrogen-bond acceptors (Lipinski definition) is 5. The maximum Gasteiger partial charge on any atom is 0.490 e. The van der Waals surface area contributed by atoms with Gasteiger partial charge in [-0.1, -0.05) is 13.2 Å². The maximum atomic E-state index is 10.6. The van der Waals surface area contributed by atoms with Crippen LogP contribution in [0.25, 0.3) is 0 Å². The lowest BCUT2D eigenvalue weighted by Gasteiger charge is -1.93. The van der Waals surface area contributed by atoms with Crippen molar-refractivity contribution in [3.05, 3.63) is 24.0 Å². The van der Waals surface area contributed by atoms with Crippen LogP contribution in [0.4, 0.5) is 13.2 Å². The fourth-order valence-corrected chi connectivity index (χ4v) is 0.204. The molecular weight excluding hydrogens is 295 g/mol. The van der Waals surface area contributed by atoms with Gasteiger partial charge in [0.1, 0.15) is 0 Å². The molecule has 0 aromatic carbocycles. The fourth-order valence-electron chi connectivity index (χ4n) is 0.0680. The van der Waals surface area contributed by atoms with Crippen molar-refractivity contribution < 1.29 is 31.5 Å². The van der Waals surface area contributed by atoms with E-state index in [-0.39, 0.29) is 0 Å². The molecule has 108 valence electrons. The summed E-state index contributed by atoms with van der Waals surface area (Å²) in [7, 11) is -3.13. The van der Waals surface area contributed by atoms with E-state index in [9.17, 15) is 21.6 Å². The second-order valence-electron chi connectivity index (χ2n) is 2.24. The standard InChI is InChI=1S/C4H6O2S.C2HF3O2.C2H7NS/c1-3-7(5,6)4-2;3-2(4,5)1(6)7;3-1-2-4/h3-4H,1-2H2;(H,6,7);4H,1-3H2. The average Bonchev–Trinajstić information content (AvgIpc) is 2.29. The molecule has 0 aliphatic rings. The zero-order valence-electron chi connectivity index (χ0n) is 9.22. The van der Waals surface area contributed by atoms with Gasteiger partial charge < -0.3 is 10.8 Å². The van der Waals surface area contributed by atoms with Gasteiger partial charge in [0.05, 0.1) is 0 Å². The smallest absolute Gasteiger partial charge is 0.475 e. The highest BCUT2D eigenvalue weighted by Gasteiger charge is 2.38. The lowest BCUT2D eigenvalue weighted by molar-refractivity contribution is -0.192. The highest BCUT2D eigenvalue weighted by atomic mass is 32.2. The van der Waals surface area contributed by atoms with Gasteiger partial charge in [0, 0.05) is 23.1 Å². The SMILES string of the molecule is C=CS(=O)(=O)C=C.NCCS.O=C(O)C(F)(F)F. The van der Waals surface area contributed by atoms with E-state index in [1.807, 2.05) is 0 Å². The Hall–Kier alpha value is -1.00. The Bertz CT molecular complexity index is 336. The number of nitrogens with two attached hydrogens (primary N) is 1. The van der Waals surface area contributed by atoms with Crippen molar-refractivity contribution >= 4 is 28.4 Å². The number of alkyl halides is 3. The van der Waals surface area contributed by atoms with E-state index in [2.05, 4.69) is 25.8 Å². The second-order valence-corrected chi connectivity index (χ2v) is 4.53. The molecule has 0 radical (unpaired) electrons. The zero-order valence-corrected chi connectivity index (χ0v) is 10.9. The molecule has 0 saturated carbocycles. The molecule has 0 unspecified atom stereocenters. The minimum Gasteiger partial charge on any atom is -0.475 e. The van der Waals surface area contributed by atoms with Crippen LogP contribution in [0.3, 0.4) is 0 Å². The van der Waals surface area contributed by atoms with E-state index in [0.717, 1.165) is 16.6 Å². The molecule has 0 aromatic heterocycles. The molecule has 0 atom stereocenters. The number of carbonyl (C=O) groups is 1. The van der Waals surface area contributed by atoms with Crippen molar-refractivity contribution in [2.75, 3.05) is 12.3 Å². The lowest BCUT2D eigenvalue weighted by Crippen LogP contribution is -2.21. The molecule has 0 spiro atoms. The number of aliphatic carboxylic acids is 1. The predicted octanol–water partition coefficient (Wildman–Crippen LogP) is 1.20. The first-order chi connectivity index (χ1) is 7.98. The van der Waals surface area contributed by atoms with Crippen LogP contribution in [-0.4, -0.2) is 38.0 Å². The molecule has 0 aromatic rings. The molecule has 0 fully saturated rings. The van der Waals surface area contributed by atoms with Crippen molar-refractivity contribution in [2.24, 2.45) is 5.73 Å². The number of thiol groups is 1. The van der Waals surface area contributed by atoms with Crippen LogP contribution >= 0.6 is 12.6 Å². The number of hydrogen-bond donors (Lipinski definition) is 3. The molecular formula is C8H14F3NO4S2. The second kappa shape index (κ2) is 11.1. The molecule has 0 rings (SSSR count). The predicted molar refractivity (Wildman–Crippen MR) is 65.9 cm³/mol. The van der Waals surface area contributed by atoms with Crippen molar-refractivity contribution in [3.8, 4) is 0 Å². The minimum atomic E-state index is -5.08. The summed E-state index contributed by atoms with van der Waals surface area (Å²) in [6.07, 6.45) is -5.08. The number of carboxylic acids is 1. The summed E-state index contributed by atoms with van der Waals surface area (Å²) in [6, 6.07) is 0. The van der Waals surface area contributed by atoms with Crippen molar-refractivity contribution in [2.45, 2.75) is 6.18 Å². The van der Waals surface area contributed by atoms with E-state index >= 15 is 0 Å². The van der Waals surface area contributed by atoms with E-state index in [4.69, 9.17) is 15.6 Å². The van der Waals surface area contributed by atoms with Crippen molar-refractivity contribution in [3.63, 3.8) is 0 Å². The number of carboxylic acid groups (broad SMARTS) is 1. The van der Waals surface area contributed by atoms with Gasteiger partial charge in [-0.2, -0.15) is 25.8 Å².